The van der Waals surface area contributed by atoms with Crippen LogP contribution in [0.25, 0.3) is 0 Å². The lowest BCUT2D eigenvalue weighted by Gasteiger charge is -2.06. The Balaban J connectivity index is 2.54. The molecule has 2 aromatic rings. The van der Waals surface area contributed by atoms with Crippen LogP contribution in [0.2, 0.25) is 10.0 Å². The first-order valence-corrected chi connectivity index (χ1v) is 6.00. The molecule has 0 aliphatic carbocycles. The van der Waals surface area contributed by atoms with Crippen molar-refractivity contribution in [1.82, 2.24) is 0 Å². The number of carbonyl (C=O) groups is 1. The molecule has 0 aliphatic heterocycles. The minimum absolute atomic E-state index is 0.000772. The number of carbonyl (C=O) groups excluding carboxylic acids is 1. The summed E-state index contributed by atoms with van der Waals surface area (Å²) in [6.45, 7) is 1.79. The van der Waals surface area contributed by atoms with Crippen molar-refractivity contribution in [3.8, 4) is 0 Å². The highest BCUT2D eigenvalue weighted by Gasteiger charge is 2.17. The zero-order valence-electron chi connectivity index (χ0n) is 9.51. The predicted octanol–water partition coefficient (Wildman–Crippen LogP) is 4.67. The standard InChI is InChI=1S/C14H9Cl2FO/c1-8-2-5-13(17)11(6-8)14(18)10-7-9(15)3-4-12(10)16/h2-7H,1H3. The quantitative estimate of drug-likeness (QED) is 0.732. The van der Waals surface area contributed by atoms with E-state index in [1.807, 2.05) is 0 Å². The van der Waals surface area contributed by atoms with Gasteiger partial charge in [0.15, 0.2) is 5.78 Å². The summed E-state index contributed by atoms with van der Waals surface area (Å²) in [4.78, 5) is 12.2. The van der Waals surface area contributed by atoms with Gasteiger partial charge in [0.2, 0.25) is 0 Å². The maximum Gasteiger partial charge on any atom is 0.197 e. The molecule has 0 bridgehead atoms. The van der Waals surface area contributed by atoms with E-state index in [1.54, 1.807) is 19.1 Å². The lowest BCUT2D eigenvalue weighted by Crippen LogP contribution is -2.05. The highest BCUT2D eigenvalue weighted by Crippen LogP contribution is 2.24. The van der Waals surface area contributed by atoms with E-state index in [9.17, 15) is 9.18 Å². The molecule has 0 radical (unpaired) electrons. The number of benzene rings is 2. The first kappa shape index (κ1) is 13.1. The molecule has 0 heterocycles. The molecule has 2 rings (SSSR count). The number of aryl methyl sites for hydroxylation is 1. The molecule has 0 amide bonds. The molecule has 0 saturated carbocycles. The molecule has 0 N–H and O–H groups in total. The van der Waals surface area contributed by atoms with Gasteiger partial charge < -0.3 is 0 Å². The maximum absolute atomic E-state index is 13.6. The molecule has 0 unspecified atom stereocenters. The predicted molar refractivity (Wildman–Crippen MR) is 71.0 cm³/mol. The van der Waals surface area contributed by atoms with Crippen LogP contribution in [-0.2, 0) is 0 Å². The minimum atomic E-state index is -0.568. The summed E-state index contributed by atoms with van der Waals surface area (Å²) in [6.07, 6.45) is 0. The van der Waals surface area contributed by atoms with Crippen LogP contribution in [0.5, 0.6) is 0 Å². The summed E-state index contributed by atoms with van der Waals surface area (Å²) in [5.74, 6) is -1.04. The first-order chi connectivity index (χ1) is 8.49. The van der Waals surface area contributed by atoms with Gasteiger partial charge in [0.05, 0.1) is 10.6 Å². The fourth-order valence-electron chi connectivity index (χ4n) is 1.63. The Morgan fingerprint density at radius 1 is 1.06 bits per heavy atom. The van der Waals surface area contributed by atoms with Crippen molar-refractivity contribution in [2.75, 3.05) is 0 Å². The third kappa shape index (κ3) is 2.55. The topological polar surface area (TPSA) is 17.1 Å². The molecule has 0 aromatic heterocycles. The monoisotopic (exact) mass is 282 g/mol. The number of halogens is 3. The van der Waals surface area contributed by atoms with Crippen LogP contribution in [0.1, 0.15) is 21.5 Å². The van der Waals surface area contributed by atoms with E-state index in [2.05, 4.69) is 0 Å². The van der Waals surface area contributed by atoms with Crippen LogP contribution in [0.3, 0.4) is 0 Å². The molecule has 92 valence electrons. The average molecular weight is 283 g/mol. The SMILES string of the molecule is Cc1ccc(F)c(C(=O)c2cc(Cl)ccc2Cl)c1. The summed E-state index contributed by atoms with van der Waals surface area (Å²) in [6, 6.07) is 8.90. The van der Waals surface area contributed by atoms with Gasteiger partial charge >= 0.3 is 0 Å². The molecule has 18 heavy (non-hydrogen) atoms. The van der Waals surface area contributed by atoms with Crippen LogP contribution in [0.15, 0.2) is 36.4 Å². The molecule has 0 saturated heterocycles. The number of rotatable bonds is 2. The zero-order chi connectivity index (χ0) is 13.3. The first-order valence-electron chi connectivity index (χ1n) is 5.25. The summed E-state index contributed by atoms with van der Waals surface area (Å²) < 4.78 is 13.6. The van der Waals surface area contributed by atoms with Crippen LogP contribution in [0.4, 0.5) is 4.39 Å². The lowest BCUT2D eigenvalue weighted by atomic mass is 10.0. The van der Waals surface area contributed by atoms with Gasteiger partial charge in [0, 0.05) is 10.6 Å². The number of hydrogen-bond acceptors (Lipinski definition) is 1. The van der Waals surface area contributed by atoms with E-state index in [-0.39, 0.29) is 16.1 Å². The summed E-state index contributed by atoms with van der Waals surface area (Å²) >= 11 is 11.7. The lowest BCUT2D eigenvalue weighted by molar-refractivity contribution is 0.103. The highest BCUT2D eigenvalue weighted by atomic mass is 35.5. The molecule has 0 fully saturated rings. The van der Waals surface area contributed by atoms with Crippen molar-refractivity contribution >= 4 is 29.0 Å². The van der Waals surface area contributed by atoms with Gasteiger partial charge in [-0.25, -0.2) is 4.39 Å². The van der Waals surface area contributed by atoms with Crippen molar-refractivity contribution in [3.63, 3.8) is 0 Å². The second-order valence-corrected chi connectivity index (χ2v) is 4.78. The van der Waals surface area contributed by atoms with E-state index in [0.717, 1.165) is 5.56 Å². The third-order valence-electron chi connectivity index (χ3n) is 2.54. The van der Waals surface area contributed by atoms with E-state index < -0.39 is 11.6 Å². The van der Waals surface area contributed by atoms with Crippen molar-refractivity contribution in [1.29, 1.82) is 0 Å². The molecule has 0 aliphatic rings. The second kappa shape index (κ2) is 5.09. The zero-order valence-corrected chi connectivity index (χ0v) is 11.0. The molecule has 1 nitrogen and oxygen atoms in total. The van der Waals surface area contributed by atoms with Gasteiger partial charge in [-0.15, -0.1) is 0 Å². The van der Waals surface area contributed by atoms with Gasteiger partial charge in [0.25, 0.3) is 0 Å². The minimum Gasteiger partial charge on any atom is -0.288 e. The summed E-state index contributed by atoms with van der Waals surface area (Å²) in [5.41, 5.74) is 1.01. The Morgan fingerprint density at radius 2 is 1.78 bits per heavy atom. The Morgan fingerprint density at radius 3 is 2.50 bits per heavy atom. The normalized spacial score (nSPS) is 10.4. The molecule has 2 aromatic carbocycles. The van der Waals surface area contributed by atoms with Crippen LogP contribution < -0.4 is 0 Å². The van der Waals surface area contributed by atoms with Crippen molar-refractivity contribution < 1.29 is 9.18 Å². The van der Waals surface area contributed by atoms with Gasteiger partial charge in [-0.1, -0.05) is 34.8 Å². The third-order valence-corrected chi connectivity index (χ3v) is 3.10. The molecule has 4 heteroatoms. The maximum atomic E-state index is 13.6. The van der Waals surface area contributed by atoms with Gasteiger partial charge in [-0.2, -0.15) is 0 Å². The van der Waals surface area contributed by atoms with E-state index in [0.29, 0.717) is 5.02 Å². The average Bonchev–Trinajstić information content (AvgIpc) is 2.34. The largest absolute Gasteiger partial charge is 0.288 e. The Labute approximate surface area is 114 Å². The fourth-order valence-corrected chi connectivity index (χ4v) is 2.01. The van der Waals surface area contributed by atoms with Crippen molar-refractivity contribution in [2.45, 2.75) is 6.92 Å². The molecule has 0 atom stereocenters. The Hall–Kier alpha value is -1.38. The highest BCUT2D eigenvalue weighted by molar-refractivity contribution is 6.36. The second-order valence-electron chi connectivity index (χ2n) is 3.94. The smallest absolute Gasteiger partial charge is 0.197 e. The van der Waals surface area contributed by atoms with E-state index >= 15 is 0 Å². The van der Waals surface area contributed by atoms with Gasteiger partial charge in [-0.05, 0) is 37.3 Å². The molecule has 0 spiro atoms. The molecular weight excluding hydrogens is 274 g/mol. The molecular formula is C14H9Cl2FO. The van der Waals surface area contributed by atoms with Crippen molar-refractivity contribution in [2.24, 2.45) is 0 Å². The summed E-state index contributed by atoms with van der Waals surface area (Å²) in [7, 11) is 0. The Bertz CT molecular complexity index is 570. The number of ketones is 1. The fraction of sp³-hybridized carbons (Fsp3) is 0.0714. The number of hydrogen-bond donors (Lipinski definition) is 0. The van der Waals surface area contributed by atoms with E-state index in [1.165, 1.54) is 24.3 Å². The van der Waals surface area contributed by atoms with Crippen LogP contribution in [0, 0.1) is 12.7 Å². The summed E-state index contributed by atoms with van der Waals surface area (Å²) in [5, 5.41) is 0.640. The van der Waals surface area contributed by atoms with Gasteiger partial charge in [-0.3, -0.25) is 4.79 Å². The van der Waals surface area contributed by atoms with Crippen molar-refractivity contribution in [3.05, 3.63) is 69.0 Å². The van der Waals surface area contributed by atoms with Crippen LogP contribution >= 0.6 is 23.2 Å². The Kier molecular flexibility index (Phi) is 3.69. The van der Waals surface area contributed by atoms with Crippen LogP contribution in [-0.4, -0.2) is 5.78 Å². The van der Waals surface area contributed by atoms with E-state index in [4.69, 9.17) is 23.2 Å². The van der Waals surface area contributed by atoms with Gasteiger partial charge in [0.1, 0.15) is 5.82 Å².